The number of nitrogens with zero attached hydrogens (tertiary/aromatic N) is 1. The number of carbonyl (C=O) groups excluding carboxylic acids is 1. The minimum Gasteiger partial charge on any atom is -0.336 e. The van der Waals surface area contributed by atoms with Crippen LogP contribution in [0.25, 0.3) is 0 Å². The molecule has 0 aliphatic carbocycles. The molecular weight excluding hydrogens is 332 g/mol. The highest BCUT2D eigenvalue weighted by atomic mass is 35.5. The smallest absolute Gasteiger partial charge is 0.223 e. The van der Waals surface area contributed by atoms with Crippen LogP contribution in [-0.4, -0.2) is 30.4 Å². The highest BCUT2D eigenvalue weighted by Crippen LogP contribution is 2.36. The van der Waals surface area contributed by atoms with Gasteiger partial charge in [-0.25, -0.2) is 0 Å². The van der Waals surface area contributed by atoms with Gasteiger partial charge in [-0.05, 0) is 81.1 Å². The number of rotatable bonds is 4. The molecule has 0 aromatic heterocycles. The molecule has 2 aliphatic heterocycles. The van der Waals surface area contributed by atoms with Gasteiger partial charge in [0.15, 0.2) is 0 Å². The highest BCUT2D eigenvalue weighted by Gasteiger charge is 2.32. The van der Waals surface area contributed by atoms with Crippen molar-refractivity contribution in [3.05, 3.63) is 34.9 Å². The lowest BCUT2D eigenvalue weighted by Crippen LogP contribution is -2.35. The summed E-state index contributed by atoms with van der Waals surface area (Å²) in [5.74, 6) is 1.57. The van der Waals surface area contributed by atoms with E-state index in [9.17, 15) is 4.79 Å². The first kappa shape index (κ1) is 20.3. The predicted octanol–water partition coefficient (Wildman–Crippen LogP) is 4.41. The molecule has 2 fully saturated rings. The second-order valence-corrected chi connectivity index (χ2v) is 7.80. The van der Waals surface area contributed by atoms with Crippen molar-refractivity contribution in [2.75, 3.05) is 19.6 Å². The van der Waals surface area contributed by atoms with Crippen LogP contribution in [-0.2, 0) is 4.79 Å². The maximum atomic E-state index is 13.0. The fourth-order valence-electron chi connectivity index (χ4n) is 4.50. The fraction of sp³-hybridized carbons (Fsp3) is 0.667. The molecule has 0 radical (unpaired) electrons. The molecule has 25 heavy (non-hydrogen) atoms. The third-order valence-corrected chi connectivity index (χ3v) is 6.26. The summed E-state index contributed by atoms with van der Waals surface area (Å²) in [6, 6.07) is 6.81. The van der Waals surface area contributed by atoms with Crippen LogP contribution in [0.1, 0.15) is 61.8 Å². The minimum atomic E-state index is 0. The van der Waals surface area contributed by atoms with E-state index in [4.69, 9.17) is 0 Å². The Kier molecular flexibility index (Phi) is 7.33. The van der Waals surface area contributed by atoms with E-state index in [2.05, 4.69) is 49.2 Å². The summed E-state index contributed by atoms with van der Waals surface area (Å²) in [7, 11) is 0. The first-order chi connectivity index (χ1) is 11.6. The second kappa shape index (κ2) is 9.05. The molecule has 2 saturated heterocycles. The van der Waals surface area contributed by atoms with Gasteiger partial charge in [-0.15, -0.1) is 12.4 Å². The molecule has 3 nitrogen and oxygen atoms in total. The average molecular weight is 365 g/mol. The molecular formula is C21H33ClN2O. The van der Waals surface area contributed by atoms with Crippen molar-refractivity contribution in [2.45, 2.75) is 58.9 Å². The molecule has 1 aromatic rings. The van der Waals surface area contributed by atoms with Gasteiger partial charge in [0, 0.05) is 13.0 Å². The molecule has 1 amide bonds. The Labute approximate surface area is 159 Å². The average Bonchev–Trinajstić information content (AvgIpc) is 3.07. The second-order valence-electron chi connectivity index (χ2n) is 7.80. The highest BCUT2D eigenvalue weighted by molar-refractivity contribution is 5.85. The van der Waals surface area contributed by atoms with E-state index in [1.54, 1.807) is 0 Å². The number of hydrogen-bond donors (Lipinski definition) is 1. The van der Waals surface area contributed by atoms with Crippen LogP contribution in [0.4, 0.5) is 0 Å². The van der Waals surface area contributed by atoms with Gasteiger partial charge < -0.3 is 10.2 Å². The summed E-state index contributed by atoms with van der Waals surface area (Å²) in [5.41, 5.74) is 4.04. The molecule has 2 aliphatic rings. The van der Waals surface area contributed by atoms with Crippen molar-refractivity contribution < 1.29 is 4.79 Å². The van der Waals surface area contributed by atoms with E-state index in [0.29, 0.717) is 24.2 Å². The number of nitrogens with one attached hydrogen (secondary N) is 1. The molecule has 0 saturated carbocycles. The van der Waals surface area contributed by atoms with Crippen LogP contribution in [0, 0.1) is 25.7 Å². The summed E-state index contributed by atoms with van der Waals surface area (Å²) in [6.07, 6.45) is 5.39. The third-order valence-electron chi connectivity index (χ3n) is 6.26. The van der Waals surface area contributed by atoms with Crippen molar-refractivity contribution in [3.8, 4) is 0 Å². The Morgan fingerprint density at radius 2 is 1.96 bits per heavy atom. The van der Waals surface area contributed by atoms with Gasteiger partial charge in [0.1, 0.15) is 0 Å². The van der Waals surface area contributed by atoms with Gasteiger partial charge >= 0.3 is 0 Å². The van der Waals surface area contributed by atoms with Gasteiger partial charge in [0.2, 0.25) is 5.91 Å². The van der Waals surface area contributed by atoms with Crippen molar-refractivity contribution in [2.24, 2.45) is 11.8 Å². The van der Waals surface area contributed by atoms with Gasteiger partial charge in [0.25, 0.3) is 0 Å². The first-order valence-electron chi connectivity index (χ1n) is 9.64. The summed E-state index contributed by atoms with van der Waals surface area (Å²) < 4.78 is 0. The Morgan fingerprint density at radius 3 is 2.68 bits per heavy atom. The molecule has 2 heterocycles. The normalized spacial score (nSPS) is 22.5. The van der Waals surface area contributed by atoms with E-state index < -0.39 is 0 Å². The molecule has 140 valence electrons. The number of piperidine rings is 1. The fourth-order valence-corrected chi connectivity index (χ4v) is 4.50. The van der Waals surface area contributed by atoms with Gasteiger partial charge in [0.05, 0.1) is 6.04 Å². The number of aryl methyl sites for hydroxylation is 1. The zero-order valence-electron chi connectivity index (χ0n) is 15.9. The molecule has 4 heteroatoms. The minimum absolute atomic E-state index is 0. The standard InChI is InChI=1S/C21H32N2O.ClH/c1-15-6-4-7-19(17(15)3)20-8-5-13-23(20)21(24)14-16(2)18-9-11-22-12-10-18;/h4,6-7,16,18,20,22H,5,8-14H2,1-3H3;1H. The van der Waals surface area contributed by atoms with Crippen LogP contribution in [0.5, 0.6) is 0 Å². The Balaban J connectivity index is 0.00000225. The monoisotopic (exact) mass is 364 g/mol. The Bertz CT molecular complexity index is 583. The Hall–Kier alpha value is -1.06. The zero-order valence-corrected chi connectivity index (χ0v) is 16.7. The Morgan fingerprint density at radius 1 is 1.24 bits per heavy atom. The van der Waals surface area contributed by atoms with Gasteiger partial charge in [-0.1, -0.05) is 25.1 Å². The number of halogens is 1. The molecule has 2 unspecified atom stereocenters. The zero-order chi connectivity index (χ0) is 17.1. The SMILES string of the molecule is Cc1cccc(C2CCCN2C(=O)CC(C)C2CCNCC2)c1C.Cl. The van der Waals surface area contributed by atoms with Crippen LogP contribution >= 0.6 is 12.4 Å². The topological polar surface area (TPSA) is 32.3 Å². The van der Waals surface area contributed by atoms with E-state index in [0.717, 1.165) is 32.5 Å². The lowest BCUT2D eigenvalue weighted by molar-refractivity contribution is -0.133. The molecule has 3 rings (SSSR count). The van der Waals surface area contributed by atoms with Crippen molar-refractivity contribution >= 4 is 18.3 Å². The maximum absolute atomic E-state index is 13.0. The number of hydrogen-bond acceptors (Lipinski definition) is 2. The van der Waals surface area contributed by atoms with E-state index in [1.165, 1.54) is 29.5 Å². The number of carbonyl (C=O) groups is 1. The quantitative estimate of drug-likeness (QED) is 0.857. The number of benzene rings is 1. The molecule has 1 aromatic carbocycles. The lowest BCUT2D eigenvalue weighted by Gasteiger charge is -2.31. The summed E-state index contributed by atoms with van der Waals surface area (Å²) in [6.45, 7) is 9.78. The van der Waals surface area contributed by atoms with E-state index in [1.807, 2.05) is 0 Å². The number of likely N-dealkylation sites (tertiary alicyclic amines) is 1. The first-order valence-corrected chi connectivity index (χ1v) is 9.64. The van der Waals surface area contributed by atoms with E-state index in [-0.39, 0.29) is 18.4 Å². The van der Waals surface area contributed by atoms with E-state index >= 15 is 0 Å². The molecule has 0 bridgehead atoms. The van der Waals surface area contributed by atoms with Crippen molar-refractivity contribution in [1.29, 1.82) is 0 Å². The van der Waals surface area contributed by atoms with Crippen LogP contribution < -0.4 is 5.32 Å². The van der Waals surface area contributed by atoms with Crippen molar-refractivity contribution in [3.63, 3.8) is 0 Å². The molecule has 0 spiro atoms. The van der Waals surface area contributed by atoms with Crippen LogP contribution in [0.3, 0.4) is 0 Å². The predicted molar refractivity (Wildman–Crippen MR) is 106 cm³/mol. The van der Waals surface area contributed by atoms with Gasteiger partial charge in [-0.3, -0.25) is 4.79 Å². The van der Waals surface area contributed by atoms with Gasteiger partial charge in [-0.2, -0.15) is 0 Å². The van der Waals surface area contributed by atoms with Crippen LogP contribution in [0.2, 0.25) is 0 Å². The summed E-state index contributed by atoms with van der Waals surface area (Å²) in [4.78, 5) is 15.2. The lowest BCUT2D eigenvalue weighted by atomic mass is 9.84. The summed E-state index contributed by atoms with van der Waals surface area (Å²) in [5, 5.41) is 3.42. The van der Waals surface area contributed by atoms with Crippen molar-refractivity contribution in [1.82, 2.24) is 10.2 Å². The van der Waals surface area contributed by atoms with Crippen LogP contribution in [0.15, 0.2) is 18.2 Å². The molecule has 2 atom stereocenters. The maximum Gasteiger partial charge on any atom is 0.223 e. The number of amides is 1. The largest absolute Gasteiger partial charge is 0.336 e. The molecule has 1 N–H and O–H groups in total. The third kappa shape index (κ3) is 4.57. The summed E-state index contributed by atoms with van der Waals surface area (Å²) >= 11 is 0.